The first-order valence-electron chi connectivity index (χ1n) is 8.82. The summed E-state index contributed by atoms with van der Waals surface area (Å²) in [5.41, 5.74) is 2.85. The Balaban J connectivity index is 1.60. The van der Waals surface area contributed by atoms with E-state index in [9.17, 15) is 0 Å². The predicted molar refractivity (Wildman–Crippen MR) is 98.2 cm³/mol. The van der Waals surface area contributed by atoms with Crippen molar-refractivity contribution in [3.63, 3.8) is 0 Å². The number of guanidine groups is 1. The lowest BCUT2D eigenvalue weighted by Gasteiger charge is -2.26. The second kappa shape index (κ2) is 7.53. The van der Waals surface area contributed by atoms with Crippen LogP contribution in [0.5, 0.6) is 0 Å². The standard InChI is InChI=1S/C19H28N4/c1-3-20-19(22-17-9-5-6-10-17)21-14-15(2)23-13-12-16-8-4-7-11-18(16)23/h4-8,11,15,17H,3,9-10,12-14H2,1-2H3,(H2,20,21,22). The van der Waals surface area contributed by atoms with Crippen LogP contribution in [0, 0.1) is 0 Å². The van der Waals surface area contributed by atoms with Crippen molar-refractivity contribution in [1.29, 1.82) is 0 Å². The maximum Gasteiger partial charge on any atom is 0.191 e. The van der Waals surface area contributed by atoms with Crippen molar-refractivity contribution in [2.75, 3.05) is 24.5 Å². The van der Waals surface area contributed by atoms with Crippen LogP contribution in [0.4, 0.5) is 5.69 Å². The summed E-state index contributed by atoms with van der Waals surface area (Å²) in [5.74, 6) is 0.945. The molecular weight excluding hydrogens is 284 g/mol. The van der Waals surface area contributed by atoms with E-state index >= 15 is 0 Å². The molecule has 23 heavy (non-hydrogen) atoms. The van der Waals surface area contributed by atoms with Crippen LogP contribution in [0.1, 0.15) is 32.3 Å². The van der Waals surface area contributed by atoms with Crippen LogP contribution < -0.4 is 15.5 Å². The predicted octanol–water partition coefficient (Wildman–Crippen LogP) is 2.71. The molecule has 0 bridgehead atoms. The molecular formula is C19H28N4. The summed E-state index contributed by atoms with van der Waals surface area (Å²) in [5, 5.41) is 6.91. The Morgan fingerprint density at radius 3 is 2.87 bits per heavy atom. The van der Waals surface area contributed by atoms with E-state index in [4.69, 9.17) is 4.99 Å². The molecule has 124 valence electrons. The van der Waals surface area contributed by atoms with Crippen molar-refractivity contribution in [3.8, 4) is 0 Å². The zero-order chi connectivity index (χ0) is 16.1. The number of rotatable bonds is 5. The monoisotopic (exact) mass is 312 g/mol. The molecule has 0 aromatic heterocycles. The summed E-state index contributed by atoms with van der Waals surface area (Å²) in [4.78, 5) is 7.30. The molecule has 0 saturated carbocycles. The number of para-hydroxylation sites is 1. The minimum Gasteiger partial charge on any atom is -0.366 e. The first-order chi connectivity index (χ1) is 11.3. The fraction of sp³-hybridized carbons (Fsp3) is 0.526. The SMILES string of the molecule is CCNC(=NCC(C)N1CCc2ccccc21)NC1CC=CC1. The Morgan fingerprint density at radius 2 is 2.09 bits per heavy atom. The number of aliphatic imine (C=N–C) groups is 1. The van der Waals surface area contributed by atoms with Crippen molar-refractivity contribution in [3.05, 3.63) is 42.0 Å². The van der Waals surface area contributed by atoms with E-state index in [1.54, 1.807) is 0 Å². The molecule has 0 saturated heterocycles. The zero-order valence-corrected chi connectivity index (χ0v) is 14.3. The topological polar surface area (TPSA) is 39.7 Å². The van der Waals surface area contributed by atoms with Gasteiger partial charge in [0.1, 0.15) is 0 Å². The maximum absolute atomic E-state index is 4.82. The Hall–Kier alpha value is -1.97. The summed E-state index contributed by atoms with van der Waals surface area (Å²) in [6.07, 6.45) is 7.82. The Bertz CT molecular complexity index is 570. The van der Waals surface area contributed by atoms with Gasteiger partial charge in [-0.3, -0.25) is 4.99 Å². The third kappa shape index (κ3) is 3.87. The van der Waals surface area contributed by atoms with Crippen molar-refractivity contribution < 1.29 is 0 Å². The minimum atomic E-state index is 0.413. The molecule has 1 aliphatic carbocycles. The van der Waals surface area contributed by atoms with Crippen molar-refractivity contribution in [2.24, 2.45) is 4.99 Å². The number of benzene rings is 1. The van der Waals surface area contributed by atoms with Gasteiger partial charge in [-0.05, 0) is 44.7 Å². The molecule has 1 aromatic carbocycles. The average Bonchev–Trinajstić information content (AvgIpc) is 3.22. The average molecular weight is 312 g/mol. The van der Waals surface area contributed by atoms with Crippen molar-refractivity contribution in [1.82, 2.24) is 10.6 Å². The molecule has 0 fully saturated rings. The van der Waals surface area contributed by atoms with Crippen LogP contribution in [-0.2, 0) is 6.42 Å². The highest BCUT2D eigenvalue weighted by Crippen LogP contribution is 2.29. The van der Waals surface area contributed by atoms with Gasteiger partial charge in [-0.25, -0.2) is 0 Å². The third-order valence-electron chi connectivity index (χ3n) is 4.66. The van der Waals surface area contributed by atoms with E-state index in [0.29, 0.717) is 12.1 Å². The summed E-state index contributed by atoms with van der Waals surface area (Å²) in [7, 11) is 0. The third-order valence-corrected chi connectivity index (χ3v) is 4.66. The maximum atomic E-state index is 4.82. The van der Waals surface area contributed by atoms with Crippen LogP contribution in [0.15, 0.2) is 41.4 Å². The highest BCUT2D eigenvalue weighted by Gasteiger charge is 2.22. The lowest BCUT2D eigenvalue weighted by atomic mass is 10.2. The van der Waals surface area contributed by atoms with Crippen molar-refractivity contribution in [2.45, 2.75) is 45.2 Å². The van der Waals surface area contributed by atoms with Gasteiger partial charge in [-0.15, -0.1) is 0 Å². The molecule has 0 radical (unpaired) electrons. The van der Waals surface area contributed by atoms with E-state index in [0.717, 1.165) is 44.9 Å². The van der Waals surface area contributed by atoms with Crippen LogP contribution in [-0.4, -0.2) is 37.7 Å². The molecule has 2 N–H and O–H groups in total. The van der Waals surface area contributed by atoms with Gasteiger partial charge in [0, 0.05) is 30.9 Å². The molecule has 1 atom stereocenters. The summed E-state index contributed by atoms with van der Waals surface area (Å²) >= 11 is 0. The number of fused-ring (bicyclic) bond motifs is 1. The van der Waals surface area contributed by atoms with Gasteiger partial charge < -0.3 is 15.5 Å². The van der Waals surface area contributed by atoms with E-state index in [1.807, 2.05) is 0 Å². The van der Waals surface area contributed by atoms with Gasteiger partial charge in [-0.1, -0.05) is 30.4 Å². The van der Waals surface area contributed by atoms with Gasteiger partial charge >= 0.3 is 0 Å². The van der Waals surface area contributed by atoms with E-state index in [1.165, 1.54) is 11.3 Å². The number of anilines is 1. The second-order valence-corrected chi connectivity index (χ2v) is 6.42. The second-order valence-electron chi connectivity index (χ2n) is 6.42. The summed E-state index contributed by atoms with van der Waals surface area (Å²) in [6.45, 7) is 7.19. The first kappa shape index (κ1) is 15.9. The summed E-state index contributed by atoms with van der Waals surface area (Å²) in [6, 6.07) is 9.64. The van der Waals surface area contributed by atoms with Gasteiger partial charge in [0.15, 0.2) is 5.96 Å². The fourth-order valence-corrected chi connectivity index (χ4v) is 3.39. The first-order valence-corrected chi connectivity index (χ1v) is 8.82. The lowest BCUT2D eigenvalue weighted by molar-refractivity contribution is 0.621. The quantitative estimate of drug-likeness (QED) is 0.499. The molecule has 3 rings (SSSR count). The lowest BCUT2D eigenvalue weighted by Crippen LogP contribution is -2.43. The van der Waals surface area contributed by atoms with E-state index in [2.05, 4.69) is 65.8 Å². The van der Waals surface area contributed by atoms with Crippen LogP contribution in [0.3, 0.4) is 0 Å². The molecule has 0 amide bonds. The van der Waals surface area contributed by atoms with Crippen LogP contribution in [0.2, 0.25) is 0 Å². The highest BCUT2D eigenvalue weighted by atomic mass is 15.2. The van der Waals surface area contributed by atoms with Gasteiger partial charge in [-0.2, -0.15) is 0 Å². The Morgan fingerprint density at radius 1 is 1.30 bits per heavy atom. The number of nitrogens with zero attached hydrogens (tertiary/aromatic N) is 2. The Kier molecular flexibility index (Phi) is 5.21. The van der Waals surface area contributed by atoms with Crippen LogP contribution >= 0.6 is 0 Å². The molecule has 1 unspecified atom stereocenters. The van der Waals surface area contributed by atoms with Crippen LogP contribution in [0.25, 0.3) is 0 Å². The normalized spacial score (nSPS) is 19.0. The fourth-order valence-electron chi connectivity index (χ4n) is 3.39. The van der Waals surface area contributed by atoms with E-state index in [-0.39, 0.29) is 0 Å². The molecule has 4 nitrogen and oxygen atoms in total. The highest BCUT2D eigenvalue weighted by molar-refractivity contribution is 5.80. The van der Waals surface area contributed by atoms with Crippen molar-refractivity contribution >= 4 is 11.6 Å². The molecule has 1 aromatic rings. The minimum absolute atomic E-state index is 0.413. The number of hydrogen-bond acceptors (Lipinski definition) is 2. The molecule has 1 aliphatic heterocycles. The Labute approximate surface area is 139 Å². The largest absolute Gasteiger partial charge is 0.366 e. The van der Waals surface area contributed by atoms with Gasteiger partial charge in [0.05, 0.1) is 6.54 Å². The molecule has 0 spiro atoms. The van der Waals surface area contributed by atoms with Gasteiger partial charge in [0.25, 0.3) is 0 Å². The molecule has 4 heteroatoms. The molecule has 1 heterocycles. The smallest absolute Gasteiger partial charge is 0.191 e. The summed E-state index contributed by atoms with van der Waals surface area (Å²) < 4.78 is 0. The number of nitrogens with one attached hydrogen (secondary N) is 2. The molecule has 2 aliphatic rings. The zero-order valence-electron chi connectivity index (χ0n) is 14.3. The number of hydrogen-bond donors (Lipinski definition) is 2. The van der Waals surface area contributed by atoms with Gasteiger partial charge in [0.2, 0.25) is 0 Å². The van der Waals surface area contributed by atoms with E-state index < -0.39 is 0 Å².